The van der Waals surface area contributed by atoms with E-state index in [1.165, 1.54) is 24.3 Å². The molecule has 0 aromatic heterocycles. The largest absolute Gasteiger partial charge is 0.312 e. The molecule has 2 N–H and O–H groups in total. The number of hydrogen-bond donors (Lipinski definition) is 1. The zero-order valence-electron chi connectivity index (χ0n) is 11.8. The van der Waals surface area contributed by atoms with E-state index in [1.807, 2.05) is 6.07 Å². The summed E-state index contributed by atoms with van der Waals surface area (Å²) in [4.78, 5) is 0.122. The van der Waals surface area contributed by atoms with Crippen molar-refractivity contribution < 1.29 is 8.42 Å². The molecular weight excluding hydrogens is 400 g/mol. The molecule has 0 spiro atoms. The van der Waals surface area contributed by atoms with E-state index in [1.54, 1.807) is 24.3 Å². The van der Waals surface area contributed by atoms with Crippen LogP contribution in [0.25, 0.3) is 0 Å². The highest BCUT2D eigenvalue weighted by molar-refractivity contribution is 9.10. The highest BCUT2D eigenvalue weighted by Gasteiger charge is 2.70. The molecule has 1 saturated carbocycles. The number of benzene rings is 2. The summed E-state index contributed by atoms with van der Waals surface area (Å²) in [5.74, 6) is -0.554. The number of halogens is 2. The normalized spacial score (nSPS) is 26.5. The first-order chi connectivity index (χ1) is 10.8. The van der Waals surface area contributed by atoms with E-state index in [2.05, 4.69) is 15.9 Å². The predicted molar refractivity (Wildman–Crippen MR) is 91.8 cm³/mol. The van der Waals surface area contributed by atoms with Crippen LogP contribution in [0.4, 0.5) is 0 Å². The Morgan fingerprint density at radius 1 is 1.13 bits per heavy atom. The number of nitrogens with two attached hydrogens (primary N) is 1. The van der Waals surface area contributed by atoms with Crippen LogP contribution in [0, 0.1) is 11.3 Å². The van der Waals surface area contributed by atoms with Gasteiger partial charge in [-0.2, -0.15) is 5.26 Å². The molecule has 0 radical (unpaired) electrons. The van der Waals surface area contributed by atoms with Crippen molar-refractivity contribution in [2.75, 3.05) is 0 Å². The van der Waals surface area contributed by atoms with Crippen LogP contribution in [-0.4, -0.2) is 19.2 Å². The molecule has 1 aliphatic carbocycles. The summed E-state index contributed by atoms with van der Waals surface area (Å²) in [7, 11) is -3.73. The van der Waals surface area contributed by atoms with Crippen molar-refractivity contribution in [3.63, 3.8) is 0 Å². The Morgan fingerprint density at radius 3 is 2.22 bits per heavy atom. The zero-order valence-corrected chi connectivity index (χ0v) is 14.9. The number of nitriles is 1. The van der Waals surface area contributed by atoms with Crippen LogP contribution in [-0.2, 0) is 9.84 Å². The molecule has 0 bridgehead atoms. The molecule has 3 atom stereocenters. The third-order valence-electron chi connectivity index (χ3n) is 4.08. The molecule has 0 unspecified atom stereocenters. The second-order valence-electron chi connectivity index (χ2n) is 5.49. The summed E-state index contributed by atoms with van der Waals surface area (Å²) in [5.41, 5.74) is 5.39. The lowest BCUT2D eigenvalue weighted by atomic mass is 10.1. The van der Waals surface area contributed by atoms with Crippen molar-refractivity contribution in [3.05, 3.63) is 63.6 Å². The van der Waals surface area contributed by atoms with Gasteiger partial charge in [0, 0.05) is 15.4 Å². The van der Waals surface area contributed by atoms with Gasteiger partial charge in [0.25, 0.3) is 0 Å². The Balaban J connectivity index is 2.03. The monoisotopic (exact) mass is 410 g/mol. The molecule has 1 fully saturated rings. The van der Waals surface area contributed by atoms with Gasteiger partial charge < -0.3 is 5.73 Å². The molecule has 118 valence electrons. The van der Waals surface area contributed by atoms with Crippen molar-refractivity contribution in [1.82, 2.24) is 0 Å². The fraction of sp³-hybridized carbons (Fsp3) is 0.188. The van der Waals surface area contributed by atoms with Crippen LogP contribution in [0.2, 0.25) is 5.02 Å². The summed E-state index contributed by atoms with van der Waals surface area (Å²) < 4.78 is 26.6. The van der Waals surface area contributed by atoms with Crippen LogP contribution in [0.5, 0.6) is 0 Å². The van der Waals surface area contributed by atoms with Crippen LogP contribution in [0.1, 0.15) is 11.5 Å². The van der Waals surface area contributed by atoms with E-state index in [9.17, 15) is 13.7 Å². The summed E-state index contributed by atoms with van der Waals surface area (Å²) in [6.45, 7) is 0. The van der Waals surface area contributed by atoms with Crippen LogP contribution in [0.3, 0.4) is 0 Å². The van der Waals surface area contributed by atoms with Gasteiger partial charge in [-0.25, -0.2) is 8.42 Å². The number of nitrogens with zero attached hydrogens (tertiary/aromatic N) is 1. The minimum Gasteiger partial charge on any atom is -0.312 e. The van der Waals surface area contributed by atoms with Crippen molar-refractivity contribution in [2.45, 2.75) is 21.6 Å². The summed E-state index contributed by atoms with van der Waals surface area (Å²) in [6, 6.07) is 15.0. The van der Waals surface area contributed by atoms with Crippen molar-refractivity contribution in [1.29, 1.82) is 5.26 Å². The van der Waals surface area contributed by atoms with E-state index in [0.29, 0.717) is 5.02 Å². The van der Waals surface area contributed by atoms with Gasteiger partial charge in [-0.1, -0.05) is 39.7 Å². The molecule has 0 heterocycles. The first-order valence-electron chi connectivity index (χ1n) is 6.76. The lowest BCUT2D eigenvalue weighted by Gasteiger charge is -2.04. The molecule has 7 heteroatoms. The van der Waals surface area contributed by atoms with E-state index >= 15 is 0 Å². The van der Waals surface area contributed by atoms with Gasteiger partial charge in [-0.15, -0.1) is 0 Å². The third-order valence-corrected chi connectivity index (χ3v) is 7.12. The first-order valence-corrected chi connectivity index (χ1v) is 9.47. The minimum atomic E-state index is -3.73. The fourth-order valence-electron chi connectivity index (χ4n) is 2.83. The maximum atomic E-state index is 12.8. The van der Waals surface area contributed by atoms with Gasteiger partial charge in [0.05, 0.1) is 11.0 Å². The lowest BCUT2D eigenvalue weighted by Crippen LogP contribution is -2.29. The molecular formula is C16H12BrClN2O2S. The van der Waals surface area contributed by atoms with Crippen LogP contribution >= 0.6 is 27.5 Å². The number of sulfone groups is 1. The van der Waals surface area contributed by atoms with E-state index < -0.39 is 26.5 Å². The second-order valence-corrected chi connectivity index (χ2v) is 8.91. The molecule has 2 aromatic carbocycles. The van der Waals surface area contributed by atoms with E-state index in [4.69, 9.17) is 17.3 Å². The molecule has 0 aliphatic heterocycles. The Labute approximate surface area is 147 Å². The van der Waals surface area contributed by atoms with E-state index in [0.717, 1.165) is 10.0 Å². The predicted octanol–water partition coefficient (Wildman–Crippen LogP) is 3.26. The number of hydrogen-bond acceptors (Lipinski definition) is 4. The SMILES string of the molecule is N#C[C@@]1(N)[C@@H](c2ccc(Br)cc2)[C@@H]1S(=O)(=O)c1ccc(Cl)cc1. The molecule has 3 rings (SSSR count). The Hall–Kier alpha value is -1.39. The zero-order chi connectivity index (χ0) is 16.8. The van der Waals surface area contributed by atoms with Gasteiger partial charge in [-0.05, 0) is 42.0 Å². The molecule has 0 amide bonds. The Bertz CT molecular complexity index is 891. The molecule has 2 aromatic rings. The van der Waals surface area contributed by atoms with Gasteiger partial charge in [0.15, 0.2) is 9.84 Å². The Morgan fingerprint density at radius 2 is 1.70 bits per heavy atom. The van der Waals surface area contributed by atoms with Crippen LogP contribution < -0.4 is 5.73 Å². The van der Waals surface area contributed by atoms with Crippen molar-refractivity contribution >= 4 is 37.4 Å². The van der Waals surface area contributed by atoms with E-state index in [-0.39, 0.29) is 4.90 Å². The maximum absolute atomic E-state index is 12.8. The Kier molecular flexibility index (Phi) is 4.01. The standard InChI is InChI=1S/C16H12BrClN2O2S/c17-11-3-1-10(2-4-11)14-15(16(14,20)9-19)23(21,22)13-7-5-12(18)6-8-13/h1-8,14-15H,20H2/t14-,15-,16+/m0/s1. The second kappa shape index (κ2) is 5.60. The van der Waals surface area contributed by atoms with Crippen molar-refractivity contribution in [3.8, 4) is 6.07 Å². The van der Waals surface area contributed by atoms with Crippen molar-refractivity contribution in [2.24, 2.45) is 5.73 Å². The van der Waals surface area contributed by atoms with Gasteiger partial charge >= 0.3 is 0 Å². The fourth-order valence-corrected chi connectivity index (χ4v) is 5.41. The lowest BCUT2D eigenvalue weighted by molar-refractivity contribution is 0.592. The third kappa shape index (κ3) is 2.68. The molecule has 23 heavy (non-hydrogen) atoms. The highest BCUT2D eigenvalue weighted by Crippen LogP contribution is 2.55. The summed E-state index contributed by atoms with van der Waals surface area (Å²) in [6.07, 6.45) is 0. The minimum absolute atomic E-state index is 0.122. The average Bonchev–Trinajstić information content (AvgIpc) is 3.16. The van der Waals surface area contributed by atoms with Crippen LogP contribution in [0.15, 0.2) is 57.9 Å². The van der Waals surface area contributed by atoms with Gasteiger partial charge in [0.2, 0.25) is 0 Å². The topological polar surface area (TPSA) is 83.9 Å². The summed E-state index contributed by atoms with van der Waals surface area (Å²) >= 11 is 9.13. The van der Waals surface area contributed by atoms with Gasteiger partial charge in [-0.3, -0.25) is 0 Å². The average molecular weight is 412 g/mol. The highest BCUT2D eigenvalue weighted by atomic mass is 79.9. The molecule has 1 aliphatic rings. The maximum Gasteiger partial charge on any atom is 0.184 e. The smallest absolute Gasteiger partial charge is 0.184 e. The molecule has 0 saturated heterocycles. The molecule has 4 nitrogen and oxygen atoms in total. The quantitative estimate of drug-likeness (QED) is 0.840. The first kappa shape index (κ1) is 16.5. The summed E-state index contributed by atoms with van der Waals surface area (Å²) in [5, 5.41) is 8.88. The van der Waals surface area contributed by atoms with Gasteiger partial charge in [0.1, 0.15) is 10.8 Å². The number of rotatable bonds is 3.